The number of carbonyl (C=O) groups excluding carboxylic acids is 1. The molecule has 3 heteroatoms. The molecule has 2 N–H and O–H groups in total. The highest BCUT2D eigenvalue weighted by Crippen LogP contribution is 2.18. The van der Waals surface area contributed by atoms with Crippen LogP contribution in [0.25, 0.3) is 0 Å². The van der Waals surface area contributed by atoms with Crippen LogP contribution in [0.15, 0.2) is 12.2 Å². The molecule has 1 saturated heterocycles. The lowest BCUT2D eigenvalue weighted by Gasteiger charge is -2.18. The Bertz CT molecular complexity index is 257. The molecule has 0 saturated carbocycles. The van der Waals surface area contributed by atoms with E-state index in [4.69, 9.17) is 0 Å². The van der Waals surface area contributed by atoms with Gasteiger partial charge in [-0.3, -0.25) is 4.79 Å². The lowest BCUT2D eigenvalue weighted by Crippen LogP contribution is -2.34. The van der Waals surface area contributed by atoms with E-state index < -0.39 is 0 Å². The second kappa shape index (κ2) is 6.04. The van der Waals surface area contributed by atoms with Crippen LogP contribution in [-0.4, -0.2) is 25.0 Å². The van der Waals surface area contributed by atoms with Gasteiger partial charge < -0.3 is 10.6 Å². The van der Waals surface area contributed by atoms with E-state index in [1.54, 1.807) is 0 Å². The fourth-order valence-corrected chi connectivity index (χ4v) is 2.55. The lowest BCUT2D eigenvalue weighted by molar-refractivity contribution is -0.125. The highest BCUT2D eigenvalue weighted by molar-refractivity contribution is 5.78. The number of amides is 1. The van der Waals surface area contributed by atoms with Crippen molar-refractivity contribution in [2.24, 2.45) is 5.92 Å². The third kappa shape index (κ3) is 3.34. The Balaban J connectivity index is 1.61. The van der Waals surface area contributed by atoms with Gasteiger partial charge in [-0.1, -0.05) is 12.2 Å². The van der Waals surface area contributed by atoms with Crippen LogP contribution in [0.3, 0.4) is 0 Å². The quantitative estimate of drug-likeness (QED) is 0.709. The molecule has 90 valence electrons. The molecule has 0 aromatic rings. The molecule has 1 heterocycles. The number of allylic oxidation sites excluding steroid dienone is 2. The number of hydrogen-bond acceptors (Lipinski definition) is 2. The predicted octanol–water partition coefficient (Wildman–Crippen LogP) is 1.60. The van der Waals surface area contributed by atoms with Crippen molar-refractivity contribution in [1.82, 2.24) is 10.6 Å². The maximum atomic E-state index is 11.8. The number of hydrogen-bond donors (Lipinski definition) is 2. The van der Waals surface area contributed by atoms with Crippen molar-refractivity contribution in [2.45, 2.75) is 44.6 Å². The van der Waals surface area contributed by atoms with E-state index in [1.165, 1.54) is 12.8 Å². The molecule has 1 aliphatic heterocycles. The van der Waals surface area contributed by atoms with Crippen LogP contribution in [0, 0.1) is 5.92 Å². The van der Waals surface area contributed by atoms with Gasteiger partial charge in [0.25, 0.3) is 0 Å². The average molecular weight is 222 g/mol. The molecular formula is C13H22N2O. The molecule has 1 unspecified atom stereocenters. The molecule has 1 amide bonds. The van der Waals surface area contributed by atoms with Crippen LogP contribution in [-0.2, 0) is 4.79 Å². The van der Waals surface area contributed by atoms with E-state index in [1.807, 2.05) is 0 Å². The van der Waals surface area contributed by atoms with Crippen molar-refractivity contribution in [2.75, 3.05) is 13.1 Å². The Labute approximate surface area is 97.7 Å². The number of carbonyl (C=O) groups is 1. The van der Waals surface area contributed by atoms with Gasteiger partial charge in [-0.15, -0.1) is 0 Å². The second-order valence-electron chi connectivity index (χ2n) is 4.85. The Morgan fingerprint density at radius 3 is 3.00 bits per heavy atom. The van der Waals surface area contributed by atoms with Gasteiger partial charge in [-0.25, -0.2) is 0 Å². The van der Waals surface area contributed by atoms with Crippen molar-refractivity contribution < 1.29 is 4.79 Å². The summed E-state index contributed by atoms with van der Waals surface area (Å²) >= 11 is 0. The fourth-order valence-electron chi connectivity index (χ4n) is 2.55. The van der Waals surface area contributed by atoms with Gasteiger partial charge in [-0.05, 0) is 45.1 Å². The second-order valence-corrected chi connectivity index (χ2v) is 4.85. The van der Waals surface area contributed by atoms with Gasteiger partial charge in [-0.2, -0.15) is 0 Å². The smallest absolute Gasteiger partial charge is 0.223 e. The molecule has 1 fully saturated rings. The Kier molecular flexibility index (Phi) is 4.40. The van der Waals surface area contributed by atoms with Crippen molar-refractivity contribution in [1.29, 1.82) is 0 Å². The summed E-state index contributed by atoms with van der Waals surface area (Å²) in [5.41, 5.74) is 0. The highest BCUT2D eigenvalue weighted by Gasteiger charge is 2.19. The zero-order valence-corrected chi connectivity index (χ0v) is 9.87. The van der Waals surface area contributed by atoms with Gasteiger partial charge in [0, 0.05) is 18.5 Å². The third-order valence-corrected chi connectivity index (χ3v) is 3.59. The largest absolute Gasteiger partial charge is 0.356 e. The van der Waals surface area contributed by atoms with Gasteiger partial charge in [0.05, 0.1) is 0 Å². The topological polar surface area (TPSA) is 41.1 Å². The summed E-state index contributed by atoms with van der Waals surface area (Å²) in [4.78, 5) is 11.8. The molecule has 3 nitrogen and oxygen atoms in total. The van der Waals surface area contributed by atoms with Crippen LogP contribution >= 0.6 is 0 Å². The molecule has 1 aliphatic carbocycles. The first-order chi connectivity index (χ1) is 7.86. The minimum absolute atomic E-state index is 0.224. The first kappa shape index (κ1) is 11.6. The van der Waals surface area contributed by atoms with E-state index in [0.29, 0.717) is 6.04 Å². The zero-order chi connectivity index (χ0) is 11.2. The summed E-state index contributed by atoms with van der Waals surface area (Å²) in [5.74, 6) is 0.476. The highest BCUT2D eigenvalue weighted by atomic mass is 16.1. The average Bonchev–Trinajstić information content (AvgIpc) is 2.83. The van der Waals surface area contributed by atoms with Gasteiger partial charge in [0.1, 0.15) is 0 Å². The normalized spacial score (nSPS) is 29.2. The third-order valence-electron chi connectivity index (χ3n) is 3.59. The summed E-state index contributed by atoms with van der Waals surface area (Å²) in [5, 5.41) is 6.51. The van der Waals surface area contributed by atoms with Crippen LogP contribution in [0.5, 0.6) is 0 Å². The monoisotopic (exact) mass is 222 g/mol. The lowest BCUT2D eigenvalue weighted by atomic mass is 9.93. The van der Waals surface area contributed by atoms with E-state index in [-0.39, 0.29) is 11.8 Å². The first-order valence-electron chi connectivity index (χ1n) is 6.52. The molecule has 0 spiro atoms. The molecule has 0 aromatic carbocycles. The predicted molar refractivity (Wildman–Crippen MR) is 65.1 cm³/mol. The van der Waals surface area contributed by atoms with Crippen LogP contribution in [0.4, 0.5) is 0 Å². The molecule has 2 aliphatic rings. The van der Waals surface area contributed by atoms with E-state index in [0.717, 1.165) is 38.8 Å². The van der Waals surface area contributed by atoms with Gasteiger partial charge >= 0.3 is 0 Å². The minimum Gasteiger partial charge on any atom is -0.356 e. The maximum Gasteiger partial charge on any atom is 0.223 e. The SMILES string of the molecule is O=C(NCC[C@@H]1CCCN1)C1CC=CCC1. The summed E-state index contributed by atoms with van der Waals surface area (Å²) in [6, 6.07) is 0.631. The van der Waals surface area contributed by atoms with Crippen molar-refractivity contribution in [3.8, 4) is 0 Å². The minimum atomic E-state index is 0.224. The van der Waals surface area contributed by atoms with Crippen LogP contribution in [0.1, 0.15) is 38.5 Å². The first-order valence-corrected chi connectivity index (χ1v) is 6.52. The van der Waals surface area contributed by atoms with E-state index >= 15 is 0 Å². The summed E-state index contributed by atoms with van der Waals surface area (Å²) in [7, 11) is 0. The van der Waals surface area contributed by atoms with Gasteiger partial charge in [0.2, 0.25) is 5.91 Å². The van der Waals surface area contributed by atoms with Crippen LogP contribution in [0.2, 0.25) is 0 Å². The van der Waals surface area contributed by atoms with Crippen molar-refractivity contribution >= 4 is 5.91 Å². The molecule has 16 heavy (non-hydrogen) atoms. The van der Waals surface area contributed by atoms with E-state index in [9.17, 15) is 4.79 Å². The van der Waals surface area contributed by atoms with Gasteiger partial charge in [0.15, 0.2) is 0 Å². The molecule has 0 radical (unpaired) electrons. The molecular weight excluding hydrogens is 200 g/mol. The summed E-state index contributed by atoms with van der Waals surface area (Å²) in [6.07, 6.45) is 10.9. The molecule has 0 bridgehead atoms. The molecule has 0 aromatic heterocycles. The number of rotatable bonds is 4. The Hall–Kier alpha value is -0.830. The standard InChI is InChI=1S/C13H22N2O/c16-13(11-5-2-1-3-6-11)15-10-8-12-7-4-9-14-12/h1-2,11-12,14H,3-10H2,(H,15,16)/t11?,12-/m0/s1. The maximum absolute atomic E-state index is 11.8. The Morgan fingerprint density at radius 2 is 2.31 bits per heavy atom. The zero-order valence-electron chi connectivity index (χ0n) is 9.87. The number of nitrogens with one attached hydrogen (secondary N) is 2. The molecule has 2 rings (SSSR count). The van der Waals surface area contributed by atoms with Crippen LogP contribution < -0.4 is 10.6 Å². The molecule has 2 atom stereocenters. The summed E-state index contributed by atoms with van der Waals surface area (Å²) < 4.78 is 0. The Morgan fingerprint density at radius 1 is 1.38 bits per heavy atom. The van der Waals surface area contributed by atoms with Crippen molar-refractivity contribution in [3.63, 3.8) is 0 Å². The fraction of sp³-hybridized carbons (Fsp3) is 0.769. The van der Waals surface area contributed by atoms with Crippen molar-refractivity contribution in [3.05, 3.63) is 12.2 Å². The van der Waals surface area contributed by atoms with E-state index in [2.05, 4.69) is 22.8 Å². The summed E-state index contributed by atoms with van der Waals surface area (Å²) in [6.45, 7) is 1.97.